The van der Waals surface area contributed by atoms with Gasteiger partial charge in [0.25, 0.3) is 5.91 Å². The molecule has 0 aliphatic carbocycles. The van der Waals surface area contributed by atoms with Crippen LogP contribution in [0.25, 0.3) is 10.2 Å². The van der Waals surface area contributed by atoms with E-state index in [0.717, 1.165) is 0 Å². The summed E-state index contributed by atoms with van der Waals surface area (Å²) < 4.78 is 0. The third-order valence-corrected chi connectivity index (χ3v) is 6.45. The van der Waals surface area contributed by atoms with Crippen LogP contribution in [-0.2, 0) is 4.79 Å². The maximum absolute atomic E-state index is 13.8. The zero-order valence-corrected chi connectivity index (χ0v) is 17.5. The van der Waals surface area contributed by atoms with Gasteiger partial charge < -0.3 is 21.3 Å². The number of nitrogens with zero attached hydrogens (tertiary/aromatic N) is 2. The summed E-state index contributed by atoms with van der Waals surface area (Å²) in [5.74, 6) is -0.671. The molecule has 1 spiro atoms. The number of carbonyl (C=O) groups is 3. The lowest BCUT2D eigenvalue weighted by atomic mass is 9.74. The average molecular weight is 430 g/mol. The number of aromatic nitrogens is 1. The predicted molar refractivity (Wildman–Crippen MR) is 115 cm³/mol. The Morgan fingerprint density at radius 1 is 1.37 bits per heavy atom. The Bertz CT molecular complexity index is 1050. The van der Waals surface area contributed by atoms with E-state index in [4.69, 9.17) is 0 Å². The number of aliphatic imine (C=N–C) groups is 1. The molecule has 30 heavy (non-hydrogen) atoms. The second-order valence-electron chi connectivity index (χ2n) is 7.20. The first kappa shape index (κ1) is 20.4. The number of ketones is 1. The smallest absolute Gasteiger partial charge is 0.319 e. The van der Waals surface area contributed by atoms with E-state index in [9.17, 15) is 14.4 Å². The highest BCUT2D eigenvalue weighted by atomic mass is 32.1. The first-order valence-electron chi connectivity index (χ1n) is 9.66. The molecule has 3 amide bonds. The Morgan fingerprint density at radius 3 is 2.97 bits per heavy atom. The number of thiophene rings is 1. The Kier molecular flexibility index (Phi) is 5.50. The van der Waals surface area contributed by atoms with Crippen molar-refractivity contribution in [2.24, 2.45) is 10.9 Å². The molecule has 158 valence electrons. The highest BCUT2D eigenvalue weighted by Gasteiger charge is 2.54. The van der Waals surface area contributed by atoms with Gasteiger partial charge in [-0.3, -0.25) is 19.9 Å². The van der Waals surface area contributed by atoms with Gasteiger partial charge in [-0.05, 0) is 32.1 Å². The monoisotopic (exact) mass is 429 g/mol. The zero-order chi connectivity index (χ0) is 21.3. The van der Waals surface area contributed by atoms with Crippen molar-refractivity contribution in [1.29, 1.82) is 0 Å². The number of likely N-dealkylation sites (N-methyl/N-ethyl adjacent to an activating group) is 1. The molecule has 1 fully saturated rings. The van der Waals surface area contributed by atoms with Gasteiger partial charge in [-0.15, -0.1) is 0 Å². The second kappa shape index (κ2) is 8.09. The summed E-state index contributed by atoms with van der Waals surface area (Å²) in [6.45, 7) is 1.32. The molecule has 2 unspecified atom stereocenters. The highest BCUT2D eigenvalue weighted by Crippen LogP contribution is 2.40. The van der Waals surface area contributed by atoms with E-state index in [2.05, 4.69) is 36.6 Å². The quantitative estimate of drug-likeness (QED) is 0.435. The van der Waals surface area contributed by atoms with Crippen molar-refractivity contribution in [3.05, 3.63) is 23.9 Å². The number of urea groups is 1. The van der Waals surface area contributed by atoms with Crippen LogP contribution in [-0.4, -0.2) is 67.8 Å². The summed E-state index contributed by atoms with van der Waals surface area (Å²) in [6.07, 6.45) is 2.06. The van der Waals surface area contributed by atoms with E-state index >= 15 is 0 Å². The lowest BCUT2D eigenvalue weighted by Gasteiger charge is -2.36. The van der Waals surface area contributed by atoms with Crippen molar-refractivity contribution in [1.82, 2.24) is 26.3 Å². The van der Waals surface area contributed by atoms with E-state index in [0.29, 0.717) is 52.7 Å². The van der Waals surface area contributed by atoms with Gasteiger partial charge in [0.15, 0.2) is 11.3 Å². The molecule has 1 saturated heterocycles. The van der Waals surface area contributed by atoms with E-state index in [1.165, 1.54) is 18.4 Å². The fourth-order valence-electron chi connectivity index (χ4n) is 4.00. The largest absolute Gasteiger partial charge is 0.341 e. The minimum absolute atomic E-state index is 0.238. The number of fused-ring (bicyclic) bond motifs is 1. The Labute approximate surface area is 176 Å². The van der Waals surface area contributed by atoms with Crippen LogP contribution < -0.4 is 26.6 Å². The topological polar surface area (TPSA) is 137 Å². The van der Waals surface area contributed by atoms with Gasteiger partial charge in [-0.2, -0.15) is 0 Å². The van der Waals surface area contributed by atoms with Gasteiger partial charge in [0.2, 0.25) is 0 Å². The molecule has 4 heterocycles. The number of amidine groups is 1. The van der Waals surface area contributed by atoms with Crippen LogP contribution in [0.15, 0.2) is 23.3 Å². The molecule has 0 saturated carbocycles. The number of nitrogens with one attached hydrogen (secondary N) is 5. The third-order valence-electron chi connectivity index (χ3n) is 5.42. The number of piperidine rings is 1. The summed E-state index contributed by atoms with van der Waals surface area (Å²) in [7, 11) is 3.27. The molecule has 11 heteroatoms. The van der Waals surface area contributed by atoms with Crippen LogP contribution >= 0.6 is 11.3 Å². The molecule has 10 nitrogen and oxygen atoms in total. The van der Waals surface area contributed by atoms with Crippen molar-refractivity contribution in [2.75, 3.05) is 39.0 Å². The maximum Gasteiger partial charge on any atom is 0.319 e. The average Bonchev–Trinajstić information content (AvgIpc) is 3.25. The molecular weight excluding hydrogens is 406 g/mol. The van der Waals surface area contributed by atoms with Crippen LogP contribution in [0.4, 0.5) is 9.80 Å². The minimum atomic E-state index is -1.16. The molecule has 2 aromatic heterocycles. The van der Waals surface area contributed by atoms with Crippen molar-refractivity contribution >= 4 is 50.1 Å². The van der Waals surface area contributed by atoms with Crippen molar-refractivity contribution < 1.29 is 14.4 Å². The van der Waals surface area contributed by atoms with E-state index < -0.39 is 17.5 Å². The molecule has 2 aliphatic heterocycles. The van der Waals surface area contributed by atoms with Crippen LogP contribution in [0.1, 0.15) is 16.8 Å². The van der Waals surface area contributed by atoms with Crippen molar-refractivity contribution in [2.45, 2.75) is 12.0 Å². The fraction of sp³-hybridized carbons (Fsp3) is 0.421. The molecule has 2 aliphatic rings. The molecule has 2 aromatic rings. The third kappa shape index (κ3) is 3.34. The van der Waals surface area contributed by atoms with Crippen LogP contribution in [0.5, 0.6) is 0 Å². The number of rotatable bonds is 5. The molecule has 4 rings (SSSR count). The molecule has 0 radical (unpaired) electrons. The number of pyridine rings is 1. The van der Waals surface area contributed by atoms with Gasteiger partial charge in [0, 0.05) is 25.2 Å². The van der Waals surface area contributed by atoms with E-state index in [1.54, 1.807) is 25.4 Å². The molecule has 0 aromatic carbocycles. The summed E-state index contributed by atoms with van der Waals surface area (Å²) in [4.78, 5) is 48.4. The van der Waals surface area contributed by atoms with Gasteiger partial charge in [-0.1, -0.05) is 11.3 Å². The van der Waals surface area contributed by atoms with Crippen LogP contribution in [0.2, 0.25) is 0 Å². The number of amides is 3. The zero-order valence-electron chi connectivity index (χ0n) is 16.7. The number of carbonyl (C=O) groups excluding carboxylic acids is 3. The van der Waals surface area contributed by atoms with Gasteiger partial charge in [0.05, 0.1) is 18.0 Å². The van der Waals surface area contributed by atoms with E-state index in [-0.39, 0.29) is 11.7 Å². The highest BCUT2D eigenvalue weighted by molar-refractivity contribution is 7.23. The van der Waals surface area contributed by atoms with Gasteiger partial charge >= 0.3 is 6.03 Å². The lowest BCUT2D eigenvalue weighted by Crippen LogP contribution is -2.57. The Balaban J connectivity index is 1.80. The Morgan fingerprint density at radius 2 is 2.20 bits per heavy atom. The van der Waals surface area contributed by atoms with Crippen molar-refractivity contribution in [3.8, 4) is 0 Å². The molecular formula is C19H23N7O3S. The predicted octanol–water partition coefficient (Wildman–Crippen LogP) is 0.326. The number of Topliss-reactive ketones (excluding diaryl/α,β-unsaturated/α-hetero) is 1. The summed E-state index contributed by atoms with van der Waals surface area (Å²) in [6, 6.07) is 3.12. The number of hydrogen-bond acceptors (Lipinski definition) is 8. The van der Waals surface area contributed by atoms with Crippen molar-refractivity contribution in [3.63, 3.8) is 0 Å². The fourth-order valence-corrected chi connectivity index (χ4v) is 5.04. The second-order valence-corrected chi connectivity index (χ2v) is 8.20. The molecule has 5 N–H and O–H groups in total. The normalized spacial score (nSPS) is 23.3. The summed E-state index contributed by atoms with van der Waals surface area (Å²) in [5, 5.41) is 15.3. The van der Waals surface area contributed by atoms with Gasteiger partial charge in [0.1, 0.15) is 15.7 Å². The first-order chi connectivity index (χ1) is 14.5. The van der Waals surface area contributed by atoms with Gasteiger partial charge in [-0.25, -0.2) is 9.78 Å². The van der Waals surface area contributed by atoms with E-state index in [1.807, 2.05) is 0 Å². The maximum atomic E-state index is 13.8. The van der Waals surface area contributed by atoms with Crippen LogP contribution in [0, 0.1) is 5.92 Å². The number of hydrogen-bond donors (Lipinski definition) is 5. The summed E-state index contributed by atoms with van der Waals surface area (Å²) >= 11 is 1.23. The minimum Gasteiger partial charge on any atom is -0.341 e. The molecule has 0 bridgehead atoms. The molecule has 2 atom stereocenters. The summed E-state index contributed by atoms with van der Waals surface area (Å²) in [5.41, 5.74) is -0.792. The number of anilines is 1. The SMILES string of the molecule is CNCC1=NC2(CCNCC2C(=O)c2c(NC(=O)NC)sc3ncccc23)C(=O)N1. The lowest BCUT2D eigenvalue weighted by molar-refractivity contribution is -0.125. The first-order valence-corrected chi connectivity index (χ1v) is 10.5. The standard InChI is InChI=1S/C19H23N7O3S/c1-20-9-12-24-17(28)19(26-12)5-7-22-8-11(19)14(27)13-10-4-3-6-23-15(10)30-16(13)25-18(29)21-2/h3-4,6,11,20,22H,5,7-9H2,1-2H3,(H2,21,25,29)(H,24,26,28). The van der Waals surface area contributed by atoms with Crippen LogP contribution in [0.3, 0.4) is 0 Å². The Hall–Kier alpha value is -2.89.